The maximum absolute atomic E-state index is 2.51. The normalized spacial score (nSPS) is 23.4. The zero-order valence-electron chi connectivity index (χ0n) is 9.70. The molecule has 17 heavy (non-hydrogen) atoms. The quantitative estimate of drug-likeness (QED) is 0.624. The van der Waals surface area contributed by atoms with Crippen LogP contribution in [0.3, 0.4) is 0 Å². The Bertz CT molecular complexity index is 506. The van der Waals surface area contributed by atoms with E-state index in [0.717, 1.165) is 0 Å². The zero-order valence-corrected chi connectivity index (χ0v) is 11.9. The van der Waals surface area contributed by atoms with E-state index >= 15 is 0 Å². The molecule has 0 saturated carbocycles. The van der Waals surface area contributed by atoms with Crippen molar-refractivity contribution in [1.29, 1.82) is 0 Å². The predicted molar refractivity (Wildman–Crippen MR) is 81.3 cm³/mol. The highest BCUT2D eigenvalue weighted by atomic mass is 127. The van der Waals surface area contributed by atoms with Gasteiger partial charge in [0.15, 0.2) is 0 Å². The van der Waals surface area contributed by atoms with E-state index in [1.807, 2.05) is 0 Å². The van der Waals surface area contributed by atoms with Gasteiger partial charge in [-0.1, -0.05) is 42.5 Å². The second kappa shape index (κ2) is 4.81. The van der Waals surface area contributed by atoms with Crippen molar-refractivity contribution < 1.29 is 0 Å². The number of rotatable bonds is 1. The Hall–Kier alpha value is -0.830. The van der Waals surface area contributed by atoms with Gasteiger partial charge in [0, 0.05) is 5.92 Å². The molecule has 0 amide bonds. The molecule has 0 radical (unpaired) electrons. The van der Waals surface area contributed by atoms with E-state index in [1.54, 1.807) is 11.1 Å². The van der Waals surface area contributed by atoms with Crippen molar-refractivity contribution in [2.45, 2.75) is 25.2 Å². The smallest absolute Gasteiger partial charge is 0.0188 e. The third kappa shape index (κ3) is 2.25. The molecule has 1 aromatic rings. The lowest BCUT2D eigenvalue weighted by molar-refractivity contribution is 0.786. The van der Waals surface area contributed by atoms with Crippen LogP contribution < -0.4 is 0 Å². The second-order valence-corrected chi connectivity index (χ2v) is 5.93. The Morgan fingerprint density at radius 3 is 2.71 bits per heavy atom. The van der Waals surface area contributed by atoms with Crippen molar-refractivity contribution in [1.82, 2.24) is 0 Å². The number of halogens is 1. The molecule has 1 heteroatoms. The third-order valence-corrected chi connectivity index (χ3v) is 4.65. The number of allylic oxidation sites excluding steroid dienone is 6. The van der Waals surface area contributed by atoms with E-state index in [4.69, 9.17) is 0 Å². The summed E-state index contributed by atoms with van der Waals surface area (Å²) in [7, 11) is 0. The Morgan fingerprint density at radius 2 is 1.88 bits per heavy atom. The summed E-state index contributed by atoms with van der Waals surface area (Å²) in [6.07, 6.45) is 10.6. The van der Waals surface area contributed by atoms with Crippen LogP contribution in [0.4, 0.5) is 0 Å². The summed E-state index contributed by atoms with van der Waals surface area (Å²) in [5, 5.41) is 0. The molecule has 1 unspecified atom stereocenters. The molecular formula is C16H15I. The Morgan fingerprint density at radius 1 is 1.06 bits per heavy atom. The molecule has 1 aromatic carbocycles. The minimum Gasteiger partial charge on any atom is -0.0839 e. The van der Waals surface area contributed by atoms with Crippen LogP contribution >= 0.6 is 22.6 Å². The third-order valence-electron chi connectivity index (χ3n) is 3.58. The first-order valence-corrected chi connectivity index (χ1v) is 7.23. The van der Waals surface area contributed by atoms with Gasteiger partial charge in [0.05, 0.1) is 0 Å². The van der Waals surface area contributed by atoms with Gasteiger partial charge in [-0.2, -0.15) is 0 Å². The van der Waals surface area contributed by atoms with Crippen LogP contribution in [0, 0.1) is 0 Å². The van der Waals surface area contributed by atoms with Gasteiger partial charge in [-0.15, -0.1) is 0 Å². The first-order chi connectivity index (χ1) is 8.34. The van der Waals surface area contributed by atoms with Gasteiger partial charge in [0.1, 0.15) is 0 Å². The molecule has 0 heterocycles. The summed E-state index contributed by atoms with van der Waals surface area (Å²) in [4.78, 5) is 0. The van der Waals surface area contributed by atoms with Gasteiger partial charge in [0.2, 0.25) is 0 Å². The first-order valence-electron chi connectivity index (χ1n) is 6.15. The van der Waals surface area contributed by atoms with E-state index in [0.29, 0.717) is 5.92 Å². The summed E-state index contributed by atoms with van der Waals surface area (Å²) in [5.41, 5.74) is 4.55. The number of hydrogen-bond acceptors (Lipinski definition) is 0. The topological polar surface area (TPSA) is 0 Å². The number of hydrogen-bond donors (Lipinski definition) is 0. The average molecular weight is 334 g/mol. The molecule has 2 aliphatic carbocycles. The van der Waals surface area contributed by atoms with E-state index in [9.17, 15) is 0 Å². The molecule has 0 bridgehead atoms. The monoisotopic (exact) mass is 334 g/mol. The molecule has 0 fully saturated rings. The summed E-state index contributed by atoms with van der Waals surface area (Å²) in [5.74, 6) is 0.568. The minimum absolute atomic E-state index is 0.568. The lowest BCUT2D eigenvalue weighted by Crippen LogP contribution is -2.08. The molecule has 86 valence electrons. The molecule has 2 aliphatic rings. The Labute approximate surface area is 116 Å². The summed E-state index contributed by atoms with van der Waals surface area (Å²) >= 11 is 2.51. The molecule has 0 spiro atoms. The fourth-order valence-electron chi connectivity index (χ4n) is 2.64. The molecule has 0 nitrogen and oxygen atoms in total. The summed E-state index contributed by atoms with van der Waals surface area (Å²) in [6, 6.07) is 10.9. The predicted octanol–water partition coefficient (Wildman–Crippen LogP) is 5.14. The standard InChI is InChI=1S/C16H15I/c17-16-11-14-9-5-4-8-13(14)10-15(16)12-6-2-1-3-7-12/h1-4,6-8,11,15H,5,9-10H2. The molecule has 1 atom stereocenters. The lowest BCUT2D eigenvalue weighted by Gasteiger charge is -2.26. The van der Waals surface area contributed by atoms with Crippen molar-refractivity contribution >= 4 is 22.6 Å². The van der Waals surface area contributed by atoms with Crippen molar-refractivity contribution in [2.75, 3.05) is 0 Å². The van der Waals surface area contributed by atoms with Gasteiger partial charge in [-0.25, -0.2) is 0 Å². The van der Waals surface area contributed by atoms with Crippen LogP contribution in [0.1, 0.15) is 30.7 Å². The van der Waals surface area contributed by atoms with Crippen LogP contribution in [-0.4, -0.2) is 0 Å². The lowest BCUT2D eigenvalue weighted by atomic mass is 9.82. The number of benzene rings is 1. The minimum atomic E-state index is 0.568. The molecule has 0 saturated heterocycles. The van der Waals surface area contributed by atoms with E-state index in [1.165, 1.54) is 28.4 Å². The Balaban J connectivity index is 1.94. The van der Waals surface area contributed by atoms with Crippen molar-refractivity contribution in [3.05, 3.63) is 68.8 Å². The average Bonchev–Trinajstić information content (AvgIpc) is 2.39. The largest absolute Gasteiger partial charge is 0.0839 e. The maximum Gasteiger partial charge on any atom is 0.0188 e. The van der Waals surface area contributed by atoms with Crippen molar-refractivity contribution in [2.24, 2.45) is 0 Å². The van der Waals surface area contributed by atoms with Crippen molar-refractivity contribution in [3.8, 4) is 0 Å². The summed E-state index contributed by atoms with van der Waals surface area (Å²) < 4.78 is 1.49. The van der Waals surface area contributed by atoms with E-state index in [2.05, 4.69) is 71.2 Å². The molecule has 3 rings (SSSR count). The van der Waals surface area contributed by atoms with Gasteiger partial charge < -0.3 is 0 Å². The van der Waals surface area contributed by atoms with E-state index in [-0.39, 0.29) is 0 Å². The maximum atomic E-state index is 2.51. The van der Waals surface area contributed by atoms with Crippen LogP contribution in [0.5, 0.6) is 0 Å². The van der Waals surface area contributed by atoms with Crippen LogP contribution in [0.25, 0.3) is 0 Å². The molecular weight excluding hydrogens is 319 g/mol. The van der Waals surface area contributed by atoms with E-state index < -0.39 is 0 Å². The highest BCUT2D eigenvalue weighted by Crippen LogP contribution is 2.42. The van der Waals surface area contributed by atoms with Crippen LogP contribution in [0.15, 0.2) is 63.3 Å². The fraction of sp³-hybridized carbons (Fsp3) is 0.250. The fourth-order valence-corrected chi connectivity index (χ4v) is 3.60. The first kappa shape index (κ1) is 11.3. The highest BCUT2D eigenvalue weighted by molar-refractivity contribution is 14.1. The van der Waals surface area contributed by atoms with Gasteiger partial charge in [0.25, 0.3) is 0 Å². The highest BCUT2D eigenvalue weighted by Gasteiger charge is 2.22. The van der Waals surface area contributed by atoms with Gasteiger partial charge in [-0.3, -0.25) is 0 Å². The Kier molecular flexibility index (Phi) is 3.19. The molecule has 0 N–H and O–H groups in total. The zero-order chi connectivity index (χ0) is 11.7. The SMILES string of the molecule is IC1=CC2=C(C=CCC2)CC1c1ccccc1. The van der Waals surface area contributed by atoms with Crippen LogP contribution in [0.2, 0.25) is 0 Å². The van der Waals surface area contributed by atoms with Gasteiger partial charge in [-0.05, 0) is 68.2 Å². The van der Waals surface area contributed by atoms with Gasteiger partial charge >= 0.3 is 0 Å². The van der Waals surface area contributed by atoms with Crippen LogP contribution in [-0.2, 0) is 0 Å². The second-order valence-electron chi connectivity index (χ2n) is 4.69. The summed E-state index contributed by atoms with van der Waals surface area (Å²) in [6.45, 7) is 0. The van der Waals surface area contributed by atoms with Crippen molar-refractivity contribution in [3.63, 3.8) is 0 Å². The molecule has 0 aromatic heterocycles. The molecule has 0 aliphatic heterocycles.